The second kappa shape index (κ2) is 13.2. The molecule has 260 valence electrons. The second-order valence-electron chi connectivity index (χ2n) is 12.8. The van der Waals surface area contributed by atoms with Crippen LogP contribution in [0.1, 0.15) is 47.8 Å². The average molecular weight is 693 g/mol. The fourth-order valence-electron chi connectivity index (χ4n) is 5.05. The Bertz CT molecular complexity index is 1850. The number of nitrogen functional groups attached to an aromatic ring is 1. The number of imidazole rings is 1. The maximum Gasteiger partial charge on any atom is 0.459 e. The highest BCUT2D eigenvalue weighted by atomic mass is 31.2. The second-order valence-corrected chi connectivity index (χ2v) is 14.5. The van der Waals surface area contributed by atoms with Crippen molar-refractivity contribution in [2.75, 3.05) is 25.6 Å². The Morgan fingerprint density at radius 2 is 1.92 bits per heavy atom. The van der Waals surface area contributed by atoms with Crippen molar-refractivity contribution in [2.24, 2.45) is 5.41 Å². The minimum Gasteiger partial charge on any atom is -0.476 e. The largest absolute Gasteiger partial charge is 0.476 e. The molecule has 0 amide bonds. The Morgan fingerprint density at radius 1 is 1.21 bits per heavy atom. The van der Waals surface area contributed by atoms with Crippen molar-refractivity contribution in [1.82, 2.24) is 24.6 Å². The summed E-state index contributed by atoms with van der Waals surface area (Å²) in [4.78, 5) is 25.0. The highest BCUT2D eigenvalue weighted by Crippen LogP contribution is 2.52. The van der Waals surface area contributed by atoms with Gasteiger partial charge in [-0.05, 0) is 37.6 Å². The van der Waals surface area contributed by atoms with E-state index >= 15 is 8.78 Å². The van der Waals surface area contributed by atoms with E-state index in [1.165, 1.54) is 13.0 Å². The predicted molar refractivity (Wildman–Crippen MR) is 172 cm³/mol. The SMILES string of the molecule is CCOc1nc(N)nc2c1ncn2C1O[C@](F)(COP(=O)(NC(C)C(=O)OCC(C)(C)C)Oc2cccc3ccccc23)[C@@H](O)[C@@]1(C)F. The van der Waals surface area contributed by atoms with Crippen molar-refractivity contribution >= 4 is 41.6 Å². The normalized spacial score (nSPS) is 24.8. The van der Waals surface area contributed by atoms with Gasteiger partial charge in [0.25, 0.3) is 5.85 Å². The Hall–Kier alpha value is -3.95. The minimum atomic E-state index is -4.70. The van der Waals surface area contributed by atoms with E-state index in [1.54, 1.807) is 43.3 Å². The first-order valence-corrected chi connectivity index (χ1v) is 16.7. The lowest BCUT2D eigenvalue weighted by atomic mass is 9.97. The molecule has 4 aromatic rings. The van der Waals surface area contributed by atoms with Gasteiger partial charge in [-0.1, -0.05) is 57.2 Å². The molecular weight excluding hydrogens is 653 g/mol. The van der Waals surface area contributed by atoms with Gasteiger partial charge in [0.05, 0.1) is 19.5 Å². The Kier molecular flexibility index (Phi) is 9.70. The third kappa shape index (κ3) is 7.22. The number of esters is 1. The van der Waals surface area contributed by atoms with Crippen molar-refractivity contribution in [1.29, 1.82) is 0 Å². The van der Waals surface area contributed by atoms with Crippen LogP contribution in [0.2, 0.25) is 0 Å². The molecule has 4 N–H and O–H groups in total. The lowest BCUT2D eigenvalue weighted by Crippen LogP contribution is -2.47. The number of nitrogens with two attached hydrogens (primary N) is 1. The maximum atomic E-state index is 16.5. The molecule has 0 bridgehead atoms. The number of benzene rings is 2. The molecule has 0 radical (unpaired) electrons. The van der Waals surface area contributed by atoms with Crippen LogP contribution in [0, 0.1) is 5.41 Å². The van der Waals surface area contributed by atoms with Gasteiger partial charge in [-0.25, -0.2) is 18.3 Å². The Labute approximate surface area is 275 Å². The van der Waals surface area contributed by atoms with Gasteiger partial charge in [-0.15, -0.1) is 0 Å². The van der Waals surface area contributed by atoms with Gasteiger partial charge in [0.2, 0.25) is 11.8 Å². The van der Waals surface area contributed by atoms with Gasteiger partial charge in [0.1, 0.15) is 18.4 Å². The summed E-state index contributed by atoms with van der Waals surface area (Å²) in [5, 5.41) is 14.7. The van der Waals surface area contributed by atoms with E-state index in [0.717, 1.165) is 23.2 Å². The fourth-order valence-corrected chi connectivity index (χ4v) is 6.57. The Morgan fingerprint density at radius 3 is 2.62 bits per heavy atom. The summed E-state index contributed by atoms with van der Waals surface area (Å²) in [7, 11) is -4.70. The number of halogens is 2. The summed E-state index contributed by atoms with van der Waals surface area (Å²) in [5.74, 6) is -4.20. The number of nitrogens with zero attached hydrogens (tertiary/aromatic N) is 4. The average Bonchev–Trinajstić information content (AvgIpc) is 3.51. The van der Waals surface area contributed by atoms with E-state index in [2.05, 4.69) is 20.0 Å². The van der Waals surface area contributed by atoms with Crippen molar-refractivity contribution in [3.63, 3.8) is 0 Å². The highest BCUT2D eigenvalue weighted by Gasteiger charge is 2.65. The van der Waals surface area contributed by atoms with Gasteiger partial charge in [-0.2, -0.15) is 15.1 Å². The summed E-state index contributed by atoms with van der Waals surface area (Å²) >= 11 is 0. The summed E-state index contributed by atoms with van der Waals surface area (Å²) in [6.07, 6.45) is -3.21. The molecule has 0 spiro atoms. The van der Waals surface area contributed by atoms with Crippen molar-refractivity contribution in [3.05, 3.63) is 48.8 Å². The molecule has 17 heteroatoms. The first-order chi connectivity index (χ1) is 22.5. The first-order valence-electron chi connectivity index (χ1n) is 15.2. The summed E-state index contributed by atoms with van der Waals surface area (Å²) in [6.45, 7) is 8.56. The van der Waals surface area contributed by atoms with Crippen molar-refractivity contribution in [2.45, 2.75) is 71.4 Å². The number of hydrogen-bond acceptors (Lipinski definition) is 12. The molecule has 48 heavy (non-hydrogen) atoms. The zero-order chi connectivity index (χ0) is 35.1. The number of fused-ring (bicyclic) bond motifs is 2. The molecule has 3 heterocycles. The van der Waals surface area contributed by atoms with Crippen LogP contribution >= 0.6 is 7.75 Å². The fraction of sp³-hybridized carbons (Fsp3) is 0.484. The number of anilines is 1. The molecule has 5 rings (SSSR count). The smallest absolute Gasteiger partial charge is 0.459 e. The van der Waals surface area contributed by atoms with Crippen LogP contribution < -0.4 is 20.1 Å². The third-order valence-corrected chi connectivity index (χ3v) is 9.04. The van der Waals surface area contributed by atoms with Crippen LogP contribution in [0.15, 0.2) is 48.8 Å². The van der Waals surface area contributed by atoms with Crippen LogP contribution in [0.5, 0.6) is 11.6 Å². The molecule has 3 unspecified atom stereocenters. The zero-order valence-electron chi connectivity index (χ0n) is 27.3. The zero-order valence-corrected chi connectivity index (χ0v) is 28.2. The number of ether oxygens (including phenoxy) is 3. The van der Waals surface area contributed by atoms with Crippen LogP contribution in [-0.2, 0) is 23.4 Å². The molecule has 0 saturated carbocycles. The molecule has 1 fully saturated rings. The molecule has 2 aromatic heterocycles. The molecule has 6 atom stereocenters. The number of aliphatic hydroxyl groups excluding tert-OH is 1. The number of hydrogen-bond donors (Lipinski definition) is 3. The number of nitrogens with one attached hydrogen (secondary N) is 1. The third-order valence-electron chi connectivity index (χ3n) is 7.43. The van der Waals surface area contributed by atoms with Crippen molar-refractivity contribution in [3.8, 4) is 11.6 Å². The number of rotatable bonds is 12. The summed E-state index contributed by atoms with van der Waals surface area (Å²) in [5.41, 5.74) is 2.70. The number of carbonyl (C=O) groups is 1. The predicted octanol–water partition coefficient (Wildman–Crippen LogP) is 5.02. The van der Waals surface area contributed by atoms with Gasteiger partial charge < -0.3 is 29.6 Å². The topological polar surface area (TPSA) is 182 Å². The van der Waals surface area contributed by atoms with Gasteiger partial charge in [0, 0.05) is 5.39 Å². The van der Waals surface area contributed by atoms with Crippen LogP contribution in [0.25, 0.3) is 21.9 Å². The number of aliphatic hydroxyl groups is 1. The first kappa shape index (κ1) is 35.4. The van der Waals surface area contributed by atoms with Gasteiger partial charge >= 0.3 is 13.7 Å². The van der Waals surface area contributed by atoms with E-state index in [-0.39, 0.29) is 47.4 Å². The monoisotopic (exact) mass is 692 g/mol. The lowest BCUT2D eigenvalue weighted by Gasteiger charge is -2.28. The molecule has 1 saturated heterocycles. The van der Waals surface area contributed by atoms with Crippen LogP contribution in [0.3, 0.4) is 0 Å². The minimum absolute atomic E-state index is 0.0143. The van der Waals surface area contributed by atoms with E-state index in [0.29, 0.717) is 5.39 Å². The molecule has 1 aliphatic heterocycles. The standard InChI is InChI=1S/C31H39F2N6O8P/c1-7-43-24-22-23(36-28(34)37-24)39(17-35-22)27-30(6,32)26(41)31(33,46-27)16-45-48(42,38-18(2)25(40)44-15-29(3,4)5)47-21-14-10-12-19-11-8-9-13-20(19)21/h8-14,17-18,26-27,41H,7,15-16H2,1-6H3,(H,38,42)(H2,34,36,37)/t18?,26-,27?,30+,31+,48?/m0/s1. The van der Waals surface area contributed by atoms with Gasteiger partial charge in [-0.3, -0.25) is 13.9 Å². The number of carbonyl (C=O) groups excluding carboxylic acids is 1. The van der Waals surface area contributed by atoms with Gasteiger partial charge in [0.15, 0.2) is 29.2 Å². The molecule has 14 nitrogen and oxygen atoms in total. The van der Waals surface area contributed by atoms with E-state index in [1.807, 2.05) is 20.8 Å². The number of alkyl halides is 2. The van der Waals surface area contributed by atoms with E-state index < -0.39 is 50.2 Å². The number of aromatic nitrogens is 4. The Balaban J connectivity index is 1.44. The van der Waals surface area contributed by atoms with Crippen LogP contribution in [0.4, 0.5) is 14.7 Å². The van der Waals surface area contributed by atoms with E-state index in [4.69, 9.17) is 29.0 Å². The molecule has 2 aromatic carbocycles. The molecule has 0 aliphatic carbocycles. The maximum absolute atomic E-state index is 16.5. The highest BCUT2D eigenvalue weighted by molar-refractivity contribution is 7.52. The molecule has 1 aliphatic rings. The summed E-state index contributed by atoms with van der Waals surface area (Å²) in [6, 6.07) is 10.7. The quantitative estimate of drug-likeness (QED) is 0.133. The van der Waals surface area contributed by atoms with Crippen molar-refractivity contribution < 1.29 is 46.5 Å². The van der Waals surface area contributed by atoms with E-state index in [9.17, 15) is 14.5 Å². The summed E-state index contributed by atoms with van der Waals surface area (Å²) < 4.78 is 75.8. The van der Waals surface area contributed by atoms with Crippen LogP contribution in [-0.4, -0.2) is 74.1 Å². The molecular formula is C31H39F2N6O8P. The lowest BCUT2D eigenvalue weighted by molar-refractivity contribution is -0.202.